The minimum absolute atomic E-state index is 0.193. The van der Waals surface area contributed by atoms with Crippen LogP contribution in [0.15, 0.2) is 6.20 Å². The molecule has 1 saturated carbocycles. The van der Waals surface area contributed by atoms with Crippen molar-refractivity contribution in [3.8, 4) is 0 Å². The molecule has 1 aromatic heterocycles. The van der Waals surface area contributed by atoms with E-state index in [1.165, 1.54) is 18.5 Å². The quantitative estimate of drug-likeness (QED) is 0.650. The molecule has 1 heterocycles. The van der Waals surface area contributed by atoms with Gasteiger partial charge in [0.2, 0.25) is 0 Å². The van der Waals surface area contributed by atoms with Gasteiger partial charge in [0.1, 0.15) is 0 Å². The van der Waals surface area contributed by atoms with Crippen molar-refractivity contribution in [1.82, 2.24) is 20.3 Å². The van der Waals surface area contributed by atoms with E-state index in [4.69, 9.17) is 0 Å². The topological polar surface area (TPSA) is 42.7 Å². The highest BCUT2D eigenvalue weighted by molar-refractivity contribution is 5.19. The summed E-state index contributed by atoms with van der Waals surface area (Å²) in [7, 11) is 3.92. The number of hydrogen-bond donors (Lipinski definition) is 1. The zero-order chi connectivity index (χ0) is 7.90. The van der Waals surface area contributed by atoms with E-state index in [1.807, 2.05) is 25.0 Å². The van der Waals surface area contributed by atoms with Crippen LogP contribution in [0, 0.1) is 0 Å². The summed E-state index contributed by atoms with van der Waals surface area (Å²) in [6, 6.07) is 0. The third-order valence-electron chi connectivity index (χ3n) is 2.43. The molecule has 11 heavy (non-hydrogen) atoms. The van der Waals surface area contributed by atoms with Crippen molar-refractivity contribution in [2.45, 2.75) is 18.4 Å². The second-order valence-corrected chi connectivity index (χ2v) is 3.07. The van der Waals surface area contributed by atoms with E-state index in [9.17, 15) is 0 Å². The first-order valence-electron chi connectivity index (χ1n) is 3.82. The summed E-state index contributed by atoms with van der Waals surface area (Å²) >= 11 is 0. The molecule has 1 aromatic rings. The zero-order valence-electron chi connectivity index (χ0n) is 6.83. The van der Waals surface area contributed by atoms with Crippen LogP contribution in [0.4, 0.5) is 0 Å². The zero-order valence-corrected chi connectivity index (χ0v) is 6.83. The summed E-state index contributed by atoms with van der Waals surface area (Å²) in [6.45, 7) is 0. The van der Waals surface area contributed by atoms with Crippen LogP contribution < -0.4 is 5.32 Å². The van der Waals surface area contributed by atoms with Crippen LogP contribution in [0.25, 0.3) is 0 Å². The first kappa shape index (κ1) is 6.79. The minimum atomic E-state index is 0.193. The molecule has 1 N–H and O–H groups in total. The van der Waals surface area contributed by atoms with Crippen LogP contribution in [0.2, 0.25) is 0 Å². The molecular weight excluding hydrogens is 140 g/mol. The van der Waals surface area contributed by atoms with E-state index < -0.39 is 0 Å². The Hall–Kier alpha value is -0.900. The maximum atomic E-state index is 3.90. The van der Waals surface area contributed by atoms with Gasteiger partial charge in [-0.2, -0.15) is 0 Å². The molecule has 1 aliphatic carbocycles. The molecule has 2 rings (SSSR count). The third kappa shape index (κ3) is 0.860. The lowest BCUT2D eigenvalue weighted by Gasteiger charge is -2.12. The molecule has 1 fully saturated rings. The van der Waals surface area contributed by atoms with Gasteiger partial charge in [-0.15, -0.1) is 5.10 Å². The van der Waals surface area contributed by atoms with Gasteiger partial charge in [-0.1, -0.05) is 5.21 Å². The lowest BCUT2D eigenvalue weighted by Crippen LogP contribution is -2.27. The van der Waals surface area contributed by atoms with Crippen LogP contribution in [0.3, 0.4) is 0 Å². The first-order valence-corrected chi connectivity index (χ1v) is 3.82. The molecule has 0 atom stereocenters. The van der Waals surface area contributed by atoms with Crippen LogP contribution in [0.1, 0.15) is 18.5 Å². The Morgan fingerprint density at radius 1 is 1.64 bits per heavy atom. The van der Waals surface area contributed by atoms with E-state index in [0.717, 1.165) is 0 Å². The van der Waals surface area contributed by atoms with Gasteiger partial charge in [-0.3, -0.25) is 4.68 Å². The number of rotatable bonds is 2. The average molecular weight is 152 g/mol. The Kier molecular flexibility index (Phi) is 1.26. The molecule has 0 aliphatic heterocycles. The molecule has 0 unspecified atom stereocenters. The Bertz CT molecular complexity index is 261. The maximum absolute atomic E-state index is 3.90. The predicted molar refractivity (Wildman–Crippen MR) is 41.0 cm³/mol. The van der Waals surface area contributed by atoms with Crippen molar-refractivity contribution >= 4 is 0 Å². The summed E-state index contributed by atoms with van der Waals surface area (Å²) in [5.74, 6) is 0. The molecule has 0 saturated heterocycles. The van der Waals surface area contributed by atoms with E-state index in [0.29, 0.717) is 0 Å². The highest BCUT2D eigenvalue weighted by atomic mass is 15.4. The minimum Gasteiger partial charge on any atom is -0.309 e. The molecule has 0 aromatic carbocycles. The van der Waals surface area contributed by atoms with Crippen molar-refractivity contribution < 1.29 is 0 Å². The lowest BCUT2D eigenvalue weighted by atomic mass is 10.2. The number of aryl methyl sites for hydroxylation is 1. The van der Waals surface area contributed by atoms with Gasteiger partial charge < -0.3 is 5.32 Å². The lowest BCUT2D eigenvalue weighted by molar-refractivity contribution is 0.524. The summed E-state index contributed by atoms with van der Waals surface area (Å²) in [5, 5.41) is 11.0. The van der Waals surface area contributed by atoms with Crippen molar-refractivity contribution in [3.05, 3.63) is 11.9 Å². The van der Waals surface area contributed by atoms with E-state index in [-0.39, 0.29) is 5.54 Å². The second-order valence-electron chi connectivity index (χ2n) is 3.07. The average Bonchev–Trinajstić information content (AvgIpc) is 2.70. The Balaban J connectivity index is 2.35. The van der Waals surface area contributed by atoms with Gasteiger partial charge in [-0.05, 0) is 19.9 Å². The first-order chi connectivity index (χ1) is 5.28. The largest absolute Gasteiger partial charge is 0.309 e. The number of nitrogens with zero attached hydrogens (tertiary/aromatic N) is 3. The smallest absolute Gasteiger partial charge is 0.0784 e. The maximum Gasteiger partial charge on any atom is 0.0784 e. The van der Waals surface area contributed by atoms with Gasteiger partial charge in [0.25, 0.3) is 0 Å². The van der Waals surface area contributed by atoms with Crippen molar-refractivity contribution in [2.75, 3.05) is 7.05 Å². The van der Waals surface area contributed by atoms with Crippen LogP contribution in [-0.4, -0.2) is 22.0 Å². The highest BCUT2D eigenvalue weighted by Gasteiger charge is 2.45. The van der Waals surface area contributed by atoms with Crippen LogP contribution >= 0.6 is 0 Å². The Morgan fingerprint density at radius 2 is 2.36 bits per heavy atom. The predicted octanol–water partition coefficient (Wildman–Crippen LogP) is 0.0236. The van der Waals surface area contributed by atoms with E-state index in [2.05, 4.69) is 15.6 Å². The monoisotopic (exact) mass is 152 g/mol. The number of aromatic nitrogens is 3. The van der Waals surface area contributed by atoms with E-state index >= 15 is 0 Å². The fraction of sp³-hybridized carbons (Fsp3) is 0.714. The molecule has 0 spiro atoms. The van der Waals surface area contributed by atoms with Gasteiger partial charge in [0.05, 0.1) is 17.4 Å². The third-order valence-corrected chi connectivity index (χ3v) is 2.43. The molecule has 4 nitrogen and oxygen atoms in total. The summed E-state index contributed by atoms with van der Waals surface area (Å²) in [5.41, 5.74) is 1.39. The normalized spacial score (nSPS) is 20.2. The highest BCUT2D eigenvalue weighted by Crippen LogP contribution is 2.44. The van der Waals surface area contributed by atoms with Crippen LogP contribution in [0.5, 0.6) is 0 Å². The summed E-state index contributed by atoms with van der Waals surface area (Å²) < 4.78 is 1.84. The van der Waals surface area contributed by atoms with E-state index in [1.54, 1.807) is 0 Å². The van der Waals surface area contributed by atoms with Crippen LogP contribution in [-0.2, 0) is 12.6 Å². The molecular formula is C7H12N4. The number of hydrogen-bond acceptors (Lipinski definition) is 3. The fourth-order valence-corrected chi connectivity index (χ4v) is 1.48. The summed E-state index contributed by atoms with van der Waals surface area (Å²) in [4.78, 5) is 0. The molecule has 0 bridgehead atoms. The fourth-order valence-electron chi connectivity index (χ4n) is 1.48. The molecule has 1 aliphatic rings. The van der Waals surface area contributed by atoms with Gasteiger partial charge >= 0.3 is 0 Å². The Morgan fingerprint density at radius 3 is 2.73 bits per heavy atom. The second kappa shape index (κ2) is 2.04. The molecule has 60 valence electrons. The van der Waals surface area contributed by atoms with Crippen molar-refractivity contribution in [3.63, 3.8) is 0 Å². The Labute approximate surface area is 65.6 Å². The van der Waals surface area contributed by atoms with Crippen molar-refractivity contribution in [1.29, 1.82) is 0 Å². The van der Waals surface area contributed by atoms with Gasteiger partial charge in [0, 0.05) is 7.05 Å². The van der Waals surface area contributed by atoms with Gasteiger partial charge in [0.15, 0.2) is 0 Å². The molecule has 0 amide bonds. The molecule has 4 heteroatoms. The van der Waals surface area contributed by atoms with Gasteiger partial charge in [-0.25, -0.2) is 0 Å². The standard InChI is InChI=1S/C7H12N4/c1-8-7(3-4-7)6-5-9-10-11(6)2/h5,8H,3-4H2,1-2H3. The van der Waals surface area contributed by atoms with Crippen molar-refractivity contribution in [2.24, 2.45) is 7.05 Å². The number of nitrogens with one attached hydrogen (secondary N) is 1. The summed E-state index contributed by atoms with van der Waals surface area (Å²) in [6.07, 6.45) is 4.24. The molecule has 0 radical (unpaired) electrons. The SMILES string of the molecule is CNC1(c2cnnn2C)CC1.